The molecule has 0 heterocycles. The second-order valence-corrected chi connectivity index (χ2v) is 6.66. The summed E-state index contributed by atoms with van der Waals surface area (Å²) in [6.45, 7) is 4.56. The fraction of sp³-hybridized carbons (Fsp3) is 0.600. The van der Waals surface area contributed by atoms with Gasteiger partial charge in [-0.3, -0.25) is 0 Å². The molecule has 0 unspecified atom stereocenters. The van der Waals surface area contributed by atoms with Crippen molar-refractivity contribution in [3.8, 4) is 0 Å². The molecule has 0 fully saturated rings. The summed E-state index contributed by atoms with van der Waals surface area (Å²) >= 11 is 0. The van der Waals surface area contributed by atoms with Crippen LogP contribution in [0.2, 0.25) is 0 Å². The zero-order valence-electron chi connectivity index (χ0n) is 12.9. The van der Waals surface area contributed by atoms with Crippen molar-refractivity contribution >= 4 is 10.0 Å². The first-order valence-corrected chi connectivity index (χ1v) is 8.89. The molecule has 21 heavy (non-hydrogen) atoms. The van der Waals surface area contributed by atoms with Gasteiger partial charge in [-0.2, -0.15) is 0 Å². The van der Waals surface area contributed by atoms with E-state index in [0.29, 0.717) is 24.5 Å². The lowest BCUT2D eigenvalue weighted by Crippen LogP contribution is -2.25. The van der Waals surface area contributed by atoms with Crippen molar-refractivity contribution in [3.63, 3.8) is 0 Å². The highest BCUT2D eigenvalue weighted by Crippen LogP contribution is 2.10. The Labute approximate surface area is 128 Å². The average Bonchev–Trinajstić information content (AvgIpc) is 2.47. The number of benzene rings is 1. The van der Waals surface area contributed by atoms with Crippen LogP contribution < -0.4 is 10.0 Å². The Morgan fingerprint density at radius 2 is 1.76 bits per heavy atom. The monoisotopic (exact) mass is 314 g/mol. The maximum absolute atomic E-state index is 12.1. The highest BCUT2D eigenvalue weighted by atomic mass is 32.2. The van der Waals surface area contributed by atoms with E-state index in [1.54, 1.807) is 12.1 Å². The van der Waals surface area contributed by atoms with E-state index in [9.17, 15) is 8.42 Å². The predicted molar refractivity (Wildman–Crippen MR) is 84.7 cm³/mol. The highest BCUT2D eigenvalue weighted by molar-refractivity contribution is 7.89. The van der Waals surface area contributed by atoms with Gasteiger partial charge in [0.05, 0.1) is 4.90 Å². The van der Waals surface area contributed by atoms with Gasteiger partial charge < -0.3 is 10.1 Å². The molecule has 0 saturated heterocycles. The number of nitrogens with one attached hydrogen (secondary N) is 2. The Balaban J connectivity index is 2.35. The molecule has 6 heteroatoms. The Bertz CT molecular complexity index is 486. The molecule has 2 N–H and O–H groups in total. The van der Waals surface area contributed by atoms with E-state index in [4.69, 9.17) is 4.74 Å². The predicted octanol–water partition coefficient (Wildman–Crippen LogP) is 1.89. The van der Waals surface area contributed by atoms with E-state index < -0.39 is 10.0 Å². The van der Waals surface area contributed by atoms with Crippen LogP contribution in [-0.2, 0) is 21.3 Å². The van der Waals surface area contributed by atoms with Crippen LogP contribution in [0, 0.1) is 0 Å². The summed E-state index contributed by atoms with van der Waals surface area (Å²) in [5.41, 5.74) is 1.06. The van der Waals surface area contributed by atoms with Crippen LogP contribution in [0.1, 0.15) is 31.7 Å². The summed E-state index contributed by atoms with van der Waals surface area (Å²) < 4.78 is 32.1. The lowest BCUT2D eigenvalue weighted by Gasteiger charge is -2.08. The van der Waals surface area contributed by atoms with Crippen LogP contribution in [0.5, 0.6) is 0 Å². The number of sulfonamides is 1. The van der Waals surface area contributed by atoms with Crippen LogP contribution in [0.4, 0.5) is 0 Å². The van der Waals surface area contributed by atoms with Gasteiger partial charge >= 0.3 is 0 Å². The van der Waals surface area contributed by atoms with Gasteiger partial charge in [0, 0.05) is 26.3 Å². The number of rotatable bonds is 11. The molecule has 5 nitrogen and oxygen atoms in total. The molecule has 1 aromatic carbocycles. The summed E-state index contributed by atoms with van der Waals surface area (Å²) in [6.07, 6.45) is 2.83. The van der Waals surface area contributed by atoms with Crippen molar-refractivity contribution in [1.82, 2.24) is 10.0 Å². The molecule has 1 rings (SSSR count). The molecule has 0 aliphatic carbocycles. The maximum atomic E-state index is 12.1. The van der Waals surface area contributed by atoms with Gasteiger partial charge in [-0.15, -0.1) is 0 Å². The first-order valence-electron chi connectivity index (χ1n) is 7.41. The fourth-order valence-electron chi connectivity index (χ4n) is 1.80. The minimum atomic E-state index is -3.42. The second kappa shape index (κ2) is 9.89. The standard InChI is InChI=1S/C15H26N2O3S/c1-3-4-11-20-12-5-10-17-21(18,19)15-8-6-14(7-9-15)13-16-2/h6-9,16-17H,3-5,10-13H2,1-2H3. The molecule has 0 bridgehead atoms. The van der Waals surface area contributed by atoms with Gasteiger partial charge in [0.1, 0.15) is 0 Å². The van der Waals surface area contributed by atoms with E-state index in [1.165, 1.54) is 0 Å². The summed E-state index contributed by atoms with van der Waals surface area (Å²) in [5, 5.41) is 3.03. The van der Waals surface area contributed by atoms with Crippen molar-refractivity contribution in [2.24, 2.45) is 0 Å². The quantitative estimate of drug-likeness (QED) is 0.612. The van der Waals surface area contributed by atoms with Gasteiger partial charge in [0.25, 0.3) is 0 Å². The van der Waals surface area contributed by atoms with Crippen LogP contribution in [0.15, 0.2) is 29.2 Å². The normalized spacial score (nSPS) is 11.7. The van der Waals surface area contributed by atoms with E-state index in [0.717, 1.165) is 31.6 Å². The summed E-state index contributed by atoms with van der Waals surface area (Å²) in [4.78, 5) is 0.300. The minimum absolute atomic E-state index is 0.300. The number of ether oxygens (including phenoxy) is 1. The number of hydrogen-bond acceptors (Lipinski definition) is 4. The van der Waals surface area contributed by atoms with E-state index in [2.05, 4.69) is 17.0 Å². The van der Waals surface area contributed by atoms with Gasteiger partial charge in [0.2, 0.25) is 10.0 Å². The Morgan fingerprint density at radius 1 is 1.10 bits per heavy atom. The van der Waals surface area contributed by atoms with Gasteiger partial charge in [-0.25, -0.2) is 13.1 Å². The largest absolute Gasteiger partial charge is 0.381 e. The fourth-order valence-corrected chi connectivity index (χ4v) is 2.88. The van der Waals surface area contributed by atoms with Crippen LogP contribution in [0.25, 0.3) is 0 Å². The van der Waals surface area contributed by atoms with Crippen LogP contribution in [0.3, 0.4) is 0 Å². The second-order valence-electron chi connectivity index (χ2n) is 4.89. The third-order valence-corrected chi connectivity index (χ3v) is 4.49. The molecule has 0 aliphatic rings. The zero-order valence-corrected chi connectivity index (χ0v) is 13.7. The summed E-state index contributed by atoms with van der Waals surface area (Å²) in [5.74, 6) is 0. The number of hydrogen-bond donors (Lipinski definition) is 2. The summed E-state index contributed by atoms with van der Waals surface area (Å²) in [6, 6.07) is 6.90. The molecular formula is C15H26N2O3S. The molecule has 1 aromatic rings. The first-order chi connectivity index (χ1) is 10.1. The molecular weight excluding hydrogens is 288 g/mol. The van der Waals surface area contributed by atoms with Crippen molar-refractivity contribution < 1.29 is 13.2 Å². The number of unbranched alkanes of at least 4 members (excludes halogenated alkanes) is 1. The average molecular weight is 314 g/mol. The molecule has 0 aliphatic heterocycles. The molecule has 0 atom stereocenters. The first kappa shape index (κ1) is 18.1. The Hall–Kier alpha value is -0.950. The smallest absolute Gasteiger partial charge is 0.240 e. The van der Waals surface area contributed by atoms with Crippen molar-refractivity contribution in [1.29, 1.82) is 0 Å². The molecule has 0 spiro atoms. The van der Waals surface area contributed by atoms with Crippen molar-refractivity contribution in [2.45, 2.75) is 37.6 Å². The van der Waals surface area contributed by atoms with Crippen LogP contribution in [-0.4, -0.2) is 35.2 Å². The van der Waals surface area contributed by atoms with E-state index in [-0.39, 0.29) is 0 Å². The van der Waals surface area contributed by atoms with E-state index >= 15 is 0 Å². The molecule has 120 valence electrons. The highest BCUT2D eigenvalue weighted by Gasteiger charge is 2.12. The Morgan fingerprint density at radius 3 is 2.38 bits per heavy atom. The zero-order chi connectivity index (χ0) is 15.6. The third-order valence-electron chi connectivity index (χ3n) is 3.01. The van der Waals surface area contributed by atoms with Gasteiger partial charge in [-0.05, 0) is 37.6 Å². The minimum Gasteiger partial charge on any atom is -0.381 e. The van der Waals surface area contributed by atoms with Gasteiger partial charge in [-0.1, -0.05) is 25.5 Å². The summed E-state index contributed by atoms with van der Waals surface area (Å²) in [7, 11) is -1.56. The Kier molecular flexibility index (Phi) is 8.52. The maximum Gasteiger partial charge on any atom is 0.240 e. The molecule has 0 amide bonds. The SMILES string of the molecule is CCCCOCCCNS(=O)(=O)c1ccc(CNC)cc1. The lowest BCUT2D eigenvalue weighted by atomic mass is 10.2. The topological polar surface area (TPSA) is 67.4 Å². The molecule has 0 aromatic heterocycles. The van der Waals surface area contributed by atoms with Crippen LogP contribution >= 0.6 is 0 Å². The van der Waals surface area contributed by atoms with E-state index in [1.807, 2.05) is 19.2 Å². The molecule has 0 radical (unpaired) electrons. The van der Waals surface area contributed by atoms with Crippen molar-refractivity contribution in [3.05, 3.63) is 29.8 Å². The third kappa shape index (κ3) is 7.04. The van der Waals surface area contributed by atoms with Gasteiger partial charge in [0.15, 0.2) is 0 Å². The molecule has 0 saturated carbocycles. The van der Waals surface area contributed by atoms with Crippen molar-refractivity contribution in [2.75, 3.05) is 26.8 Å². The lowest BCUT2D eigenvalue weighted by molar-refractivity contribution is 0.130.